The Kier molecular flexibility index (Phi) is 5.32. The highest BCUT2D eigenvalue weighted by Gasteiger charge is 2.23. The number of nitrogens with one attached hydrogen (secondary N) is 3. The monoisotopic (exact) mass is 379 g/mol. The lowest BCUT2D eigenvalue weighted by atomic mass is 9.94. The van der Waals surface area contributed by atoms with Crippen molar-refractivity contribution in [1.29, 1.82) is 0 Å². The van der Waals surface area contributed by atoms with E-state index in [-0.39, 0.29) is 0 Å². The Balaban J connectivity index is 1.31. The summed E-state index contributed by atoms with van der Waals surface area (Å²) in [5.41, 5.74) is 4.83. The zero-order valence-corrected chi connectivity index (χ0v) is 16.9. The van der Waals surface area contributed by atoms with Gasteiger partial charge in [-0.05, 0) is 56.4 Å². The van der Waals surface area contributed by atoms with Crippen LogP contribution in [0.25, 0.3) is 11.0 Å². The lowest BCUT2D eigenvalue weighted by Gasteiger charge is -2.24. The highest BCUT2D eigenvalue weighted by atomic mass is 15.3. The molecule has 1 aliphatic rings. The van der Waals surface area contributed by atoms with E-state index >= 15 is 0 Å². The van der Waals surface area contributed by atoms with E-state index in [0.29, 0.717) is 12.1 Å². The summed E-state index contributed by atoms with van der Waals surface area (Å²) in [5, 5.41) is 13.0. The number of hydrogen-bond donors (Lipinski definition) is 3. The van der Waals surface area contributed by atoms with E-state index < -0.39 is 0 Å². The van der Waals surface area contributed by atoms with Gasteiger partial charge in [-0.1, -0.05) is 0 Å². The number of pyridine rings is 1. The molecule has 1 aliphatic carbocycles. The van der Waals surface area contributed by atoms with E-state index in [1.54, 1.807) is 0 Å². The molecule has 148 valence electrons. The Hall–Kier alpha value is -2.83. The quantitative estimate of drug-likeness (QED) is 0.470. The molecule has 0 saturated heterocycles. The summed E-state index contributed by atoms with van der Waals surface area (Å²) < 4.78 is 2.08. The third-order valence-electron chi connectivity index (χ3n) is 5.41. The van der Waals surface area contributed by atoms with Crippen LogP contribution in [0.15, 0.2) is 35.7 Å². The number of rotatable bonds is 5. The van der Waals surface area contributed by atoms with E-state index in [1.165, 1.54) is 22.2 Å². The molecule has 7 nitrogen and oxygen atoms in total. The average molecular weight is 380 g/mol. The molecule has 4 rings (SSSR count). The maximum Gasteiger partial charge on any atom is 0.191 e. The van der Waals surface area contributed by atoms with Crippen LogP contribution < -0.4 is 10.6 Å². The van der Waals surface area contributed by atoms with Gasteiger partial charge in [0.05, 0.1) is 5.69 Å². The first-order valence-corrected chi connectivity index (χ1v) is 10.1. The third kappa shape index (κ3) is 3.88. The smallest absolute Gasteiger partial charge is 0.191 e. The zero-order valence-electron chi connectivity index (χ0n) is 16.9. The number of hydrogen-bond acceptors (Lipinski definition) is 3. The van der Waals surface area contributed by atoms with Crippen molar-refractivity contribution in [2.45, 2.75) is 51.6 Å². The molecule has 1 unspecified atom stereocenters. The molecular formula is C21H29N7. The first-order chi connectivity index (χ1) is 13.6. The van der Waals surface area contributed by atoms with Crippen LogP contribution in [-0.2, 0) is 19.3 Å². The molecule has 0 spiro atoms. The van der Waals surface area contributed by atoms with Crippen LogP contribution in [0.2, 0.25) is 0 Å². The molecule has 0 fully saturated rings. The molecule has 3 aromatic rings. The molecule has 0 bridgehead atoms. The molecule has 3 aromatic heterocycles. The molecule has 0 radical (unpaired) electrons. The molecule has 3 N–H and O–H groups in total. The minimum absolute atomic E-state index is 0.367. The minimum Gasteiger partial charge on any atom is -0.356 e. The molecular weight excluding hydrogens is 350 g/mol. The van der Waals surface area contributed by atoms with Crippen molar-refractivity contribution < 1.29 is 0 Å². The lowest BCUT2D eigenvalue weighted by molar-refractivity contribution is 0.499. The number of guanidine groups is 1. The van der Waals surface area contributed by atoms with Gasteiger partial charge in [0.15, 0.2) is 5.96 Å². The topological polar surface area (TPSA) is 82.9 Å². The van der Waals surface area contributed by atoms with Crippen LogP contribution in [0.3, 0.4) is 0 Å². The number of aromatic amines is 1. The van der Waals surface area contributed by atoms with Crippen molar-refractivity contribution in [2.24, 2.45) is 4.99 Å². The standard InChI is InChI=1S/C21H29N7/c1-14(2)28-13-16-6-7-17(11-19(16)27-28)26-21(22-3)24-10-8-15-12-25-20-18(15)5-4-9-23-20/h4-5,9,12-14,17H,6-8,10-11H2,1-3H3,(H,23,25)(H2,22,24,26). The summed E-state index contributed by atoms with van der Waals surface area (Å²) in [4.78, 5) is 12.0. The van der Waals surface area contributed by atoms with Gasteiger partial charge in [-0.2, -0.15) is 5.10 Å². The Morgan fingerprint density at radius 1 is 1.43 bits per heavy atom. The predicted octanol–water partition coefficient (Wildman–Crippen LogP) is 2.61. The second-order valence-electron chi connectivity index (χ2n) is 7.72. The Labute approximate surface area is 165 Å². The Bertz CT molecular complexity index is 966. The molecule has 0 aromatic carbocycles. The van der Waals surface area contributed by atoms with Crippen molar-refractivity contribution in [3.05, 3.63) is 47.5 Å². The molecule has 0 saturated carbocycles. The zero-order chi connectivity index (χ0) is 19.5. The van der Waals surface area contributed by atoms with E-state index in [2.05, 4.69) is 56.4 Å². The van der Waals surface area contributed by atoms with Crippen LogP contribution in [0, 0.1) is 0 Å². The summed E-state index contributed by atoms with van der Waals surface area (Å²) in [6.07, 6.45) is 10.1. The molecule has 3 heterocycles. The predicted molar refractivity (Wildman–Crippen MR) is 113 cm³/mol. The van der Waals surface area contributed by atoms with Crippen LogP contribution in [0.4, 0.5) is 0 Å². The number of fused-ring (bicyclic) bond motifs is 2. The Morgan fingerprint density at radius 2 is 2.32 bits per heavy atom. The lowest BCUT2D eigenvalue weighted by Crippen LogP contribution is -2.46. The summed E-state index contributed by atoms with van der Waals surface area (Å²) in [5.74, 6) is 0.856. The maximum absolute atomic E-state index is 4.77. The van der Waals surface area contributed by atoms with Gasteiger partial charge < -0.3 is 15.6 Å². The highest BCUT2D eigenvalue weighted by molar-refractivity contribution is 5.81. The van der Waals surface area contributed by atoms with Crippen LogP contribution in [0.1, 0.15) is 43.1 Å². The number of aromatic nitrogens is 4. The highest BCUT2D eigenvalue weighted by Crippen LogP contribution is 2.21. The van der Waals surface area contributed by atoms with Crippen molar-refractivity contribution in [1.82, 2.24) is 30.4 Å². The fourth-order valence-corrected chi connectivity index (χ4v) is 3.82. The summed E-state index contributed by atoms with van der Waals surface area (Å²) in [7, 11) is 1.83. The van der Waals surface area contributed by atoms with Gasteiger partial charge in [-0.3, -0.25) is 9.67 Å². The largest absolute Gasteiger partial charge is 0.356 e. The van der Waals surface area contributed by atoms with Gasteiger partial charge in [0.2, 0.25) is 0 Å². The fraction of sp³-hybridized carbons (Fsp3) is 0.476. The number of aryl methyl sites for hydroxylation is 1. The SMILES string of the molecule is CN=C(NCCc1c[nH]c2ncccc12)NC1CCc2cn(C(C)C)nc2C1. The normalized spacial score (nSPS) is 17.1. The molecule has 0 amide bonds. The van der Waals surface area contributed by atoms with Gasteiger partial charge >= 0.3 is 0 Å². The number of H-pyrrole nitrogens is 1. The fourth-order valence-electron chi connectivity index (χ4n) is 3.82. The number of nitrogens with zero attached hydrogens (tertiary/aromatic N) is 4. The molecule has 0 aliphatic heterocycles. The first-order valence-electron chi connectivity index (χ1n) is 10.1. The Morgan fingerprint density at radius 3 is 3.14 bits per heavy atom. The van der Waals surface area contributed by atoms with Gasteiger partial charge in [0, 0.05) is 56.1 Å². The van der Waals surface area contributed by atoms with Gasteiger partial charge in [0.25, 0.3) is 0 Å². The van der Waals surface area contributed by atoms with E-state index in [9.17, 15) is 0 Å². The van der Waals surface area contributed by atoms with Gasteiger partial charge in [-0.25, -0.2) is 4.98 Å². The van der Waals surface area contributed by atoms with Gasteiger partial charge in [-0.15, -0.1) is 0 Å². The number of aliphatic imine (C=N–C) groups is 1. The van der Waals surface area contributed by atoms with E-state index in [1.807, 2.05) is 25.5 Å². The van der Waals surface area contributed by atoms with E-state index in [0.717, 1.165) is 43.8 Å². The molecule has 1 atom stereocenters. The van der Waals surface area contributed by atoms with Crippen LogP contribution in [0.5, 0.6) is 0 Å². The summed E-state index contributed by atoms with van der Waals surface area (Å²) in [6, 6.07) is 4.86. The third-order valence-corrected chi connectivity index (χ3v) is 5.41. The van der Waals surface area contributed by atoms with Crippen molar-refractivity contribution in [2.75, 3.05) is 13.6 Å². The summed E-state index contributed by atoms with van der Waals surface area (Å²) in [6.45, 7) is 5.16. The summed E-state index contributed by atoms with van der Waals surface area (Å²) >= 11 is 0. The maximum atomic E-state index is 4.77. The van der Waals surface area contributed by atoms with Crippen molar-refractivity contribution in [3.63, 3.8) is 0 Å². The second kappa shape index (κ2) is 8.04. The van der Waals surface area contributed by atoms with Gasteiger partial charge in [0.1, 0.15) is 5.65 Å². The second-order valence-corrected chi connectivity index (χ2v) is 7.72. The molecule has 28 heavy (non-hydrogen) atoms. The van der Waals surface area contributed by atoms with Crippen molar-refractivity contribution in [3.8, 4) is 0 Å². The van der Waals surface area contributed by atoms with E-state index in [4.69, 9.17) is 5.10 Å². The van der Waals surface area contributed by atoms with Crippen LogP contribution >= 0.6 is 0 Å². The first kappa shape index (κ1) is 18.5. The van der Waals surface area contributed by atoms with Crippen molar-refractivity contribution >= 4 is 17.0 Å². The average Bonchev–Trinajstić information content (AvgIpc) is 3.31. The van der Waals surface area contributed by atoms with Crippen LogP contribution in [-0.4, -0.2) is 45.3 Å². The minimum atomic E-state index is 0.367. The molecule has 7 heteroatoms.